The maximum Gasteiger partial charge on any atom is 0.323 e. The van der Waals surface area contributed by atoms with Crippen molar-refractivity contribution in [2.75, 3.05) is 36.3 Å². The second-order valence-corrected chi connectivity index (χ2v) is 11.5. The first-order valence-corrected chi connectivity index (χ1v) is 14.7. The zero-order valence-corrected chi connectivity index (χ0v) is 24.0. The first-order valence-electron chi connectivity index (χ1n) is 12.7. The average Bonchev–Trinajstić information content (AvgIpc) is 2.88. The Morgan fingerprint density at radius 3 is 2.52 bits per heavy atom. The van der Waals surface area contributed by atoms with Crippen molar-refractivity contribution in [1.29, 1.82) is 10.8 Å². The fourth-order valence-corrected chi connectivity index (χ4v) is 5.67. The van der Waals surface area contributed by atoms with E-state index in [2.05, 4.69) is 0 Å². The van der Waals surface area contributed by atoms with Crippen LogP contribution in [0.15, 0.2) is 42.5 Å². The van der Waals surface area contributed by atoms with Crippen LogP contribution >= 0.6 is 11.6 Å². The van der Waals surface area contributed by atoms with Crippen LogP contribution in [0.25, 0.3) is 6.08 Å². The van der Waals surface area contributed by atoms with E-state index in [-0.39, 0.29) is 41.6 Å². The largest absolute Gasteiger partial charge is 0.507 e. The lowest BCUT2D eigenvalue weighted by Crippen LogP contribution is -2.40. The fraction of sp³-hybridized carbons (Fsp3) is 0.370. The minimum Gasteiger partial charge on any atom is -0.507 e. The Balaban J connectivity index is 1.85. The number of nitrogens with one attached hydrogen (secondary N) is 2. The average molecular weight is 592 g/mol. The van der Waals surface area contributed by atoms with Gasteiger partial charge < -0.3 is 25.2 Å². The molecule has 1 aliphatic heterocycles. The summed E-state index contributed by atoms with van der Waals surface area (Å²) < 4.78 is 38.5. The molecule has 5 N–H and O–H groups in total. The molecule has 0 unspecified atom stereocenters. The number of anilines is 1. The van der Waals surface area contributed by atoms with Gasteiger partial charge in [-0.25, -0.2) is 8.42 Å². The maximum absolute atomic E-state index is 13.3. The van der Waals surface area contributed by atoms with Gasteiger partial charge in [0, 0.05) is 37.1 Å². The van der Waals surface area contributed by atoms with Crippen molar-refractivity contribution < 1.29 is 27.8 Å². The minimum atomic E-state index is -4.19. The summed E-state index contributed by atoms with van der Waals surface area (Å²) in [6.45, 7) is 4.58. The van der Waals surface area contributed by atoms with Crippen LogP contribution in [0.2, 0.25) is 5.02 Å². The highest BCUT2D eigenvalue weighted by atomic mass is 35.5. The third-order valence-electron chi connectivity index (χ3n) is 6.26. The molecule has 0 radical (unpaired) electrons. The smallest absolute Gasteiger partial charge is 0.323 e. The molecule has 40 heavy (non-hydrogen) atoms. The van der Waals surface area contributed by atoms with Crippen molar-refractivity contribution in [3.05, 3.63) is 58.6 Å². The fourth-order valence-electron chi connectivity index (χ4n) is 4.17. The van der Waals surface area contributed by atoms with Gasteiger partial charge in [-0.05, 0) is 50.2 Å². The molecule has 0 amide bonds. The number of carbonyl (C=O) groups is 1. The zero-order valence-electron chi connectivity index (χ0n) is 22.4. The predicted molar refractivity (Wildman–Crippen MR) is 156 cm³/mol. The number of likely N-dealkylation sites (tertiary alicyclic amines) is 1. The highest BCUT2D eigenvalue weighted by Crippen LogP contribution is 2.33. The number of phenolic OH excluding ortho intramolecular Hbond substituents is 1. The van der Waals surface area contributed by atoms with E-state index >= 15 is 0 Å². The van der Waals surface area contributed by atoms with Crippen LogP contribution in [-0.4, -0.2) is 74.2 Å². The van der Waals surface area contributed by atoms with Crippen molar-refractivity contribution in [1.82, 2.24) is 4.90 Å². The number of carbonyl (C=O) groups excluding carboxylic acids is 1. The monoisotopic (exact) mass is 591 g/mol. The van der Waals surface area contributed by atoms with Crippen LogP contribution in [0, 0.1) is 10.8 Å². The number of nitrogens with two attached hydrogens (primary N) is 1. The molecule has 13 heteroatoms. The van der Waals surface area contributed by atoms with Crippen molar-refractivity contribution in [3.63, 3.8) is 0 Å². The highest BCUT2D eigenvalue weighted by molar-refractivity contribution is 7.93. The third kappa shape index (κ3) is 8.12. The number of halogens is 1. The second-order valence-electron chi connectivity index (χ2n) is 9.19. The molecule has 0 bridgehead atoms. The number of piperidine rings is 1. The van der Waals surface area contributed by atoms with E-state index in [1.807, 2.05) is 4.90 Å². The maximum atomic E-state index is 13.3. The van der Waals surface area contributed by atoms with Gasteiger partial charge in [0.05, 0.1) is 29.7 Å². The Bertz CT molecular complexity index is 1390. The van der Waals surface area contributed by atoms with Crippen LogP contribution in [0.5, 0.6) is 11.5 Å². The summed E-state index contributed by atoms with van der Waals surface area (Å²) in [6, 6.07) is 8.98. The molecule has 1 aliphatic rings. The van der Waals surface area contributed by atoms with Crippen molar-refractivity contribution in [2.45, 2.75) is 32.8 Å². The lowest BCUT2D eigenvalue weighted by molar-refractivity contribution is -0.139. The molecule has 0 aliphatic carbocycles. The molecule has 1 fully saturated rings. The first-order chi connectivity index (χ1) is 18.9. The van der Waals surface area contributed by atoms with Crippen LogP contribution in [0.3, 0.4) is 0 Å². The number of phenols is 1. The number of hydrogen-bond acceptors (Lipinski definition) is 8. The summed E-state index contributed by atoms with van der Waals surface area (Å²) in [5.41, 5.74) is 6.47. The number of amidine groups is 2. The van der Waals surface area contributed by atoms with E-state index in [1.165, 1.54) is 36.4 Å². The Labute approximate surface area is 239 Å². The molecule has 3 rings (SSSR count). The van der Waals surface area contributed by atoms with E-state index in [4.69, 9.17) is 37.6 Å². The van der Waals surface area contributed by atoms with Gasteiger partial charge in [0.25, 0.3) is 0 Å². The Kier molecular flexibility index (Phi) is 10.4. The molecule has 1 saturated heterocycles. The van der Waals surface area contributed by atoms with Gasteiger partial charge in [0.2, 0.25) is 10.0 Å². The van der Waals surface area contributed by atoms with Crippen molar-refractivity contribution in [3.8, 4) is 11.5 Å². The van der Waals surface area contributed by atoms with Gasteiger partial charge in [0.15, 0.2) is 5.75 Å². The molecule has 216 valence electrons. The van der Waals surface area contributed by atoms with Crippen LogP contribution < -0.4 is 14.8 Å². The molecule has 0 atom stereocenters. The summed E-state index contributed by atoms with van der Waals surface area (Å²) >= 11 is 6.51. The van der Waals surface area contributed by atoms with Gasteiger partial charge in [-0.2, -0.15) is 0 Å². The zero-order chi connectivity index (χ0) is 29.4. The van der Waals surface area contributed by atoms with Crippen molar-refractivity contribution >= 4 is 51.0 Å². The van der Waals surface area contributed by atoms with Crippen molar-refractivity contribution in [2.24, 2.45) is 5.73 Å². The minimum absolute atomic E-state index is 0.0379. The first kappa shape index (κ1) is 30.8. The van der Waals surface area contributed by atoms with Gasteiger partial charge in [-0.3, -0.25) is 19.9 Å². The summed E-state index contributed by atoms with van der Waals surface area (Å²) in [5, 5.41) is 25.8. The second kappa shape index (κ2) is 13.5. The van der Waals surface area contributed by atoms with E-state index < -0.39 is 21.7 Å². The van der Waals surface area contributed by atoms with Crippen LogP contribution in [0.1, 0.15) is 37.8 Å². The van der Waals surface area contributed by atoms with Gasteiger partial charge in [-0.1, -0.05) is 23.8 Å². The predicted octanol–water partition coefficient (Wildman–Crippen LogP) is 3.58. The highest BCUT2D eigenvalue weighted by Gasteiger charge is 2.27. The van der Waals surface area contributed by atoms with E-state index in [9.17, 15) is 18.3 Å². The molecule has 0 spiro atoms. The normalized spacial score (nSPS) is 14.2. The molecule has 0 aromatic heterocycles. The Morgan fingerprint density at radius 2 is 1.93 bits per heavy atom. The number of ether oxygens (including phenoxy) is 2. The number of esters is 1. The number of sulfonamides is 1. The SMILES string of the molecule is CCOC(=O)CS(=O)(=O)N(C/C=C/c1cc(C(=N)N)ccc1O)c1ccc(OC2CCN(C(C)=N)CC2)c(Cl)c1. The number of benzene rings is 2. The molecular weight excluding hydrogens is 558 g/mol. The number of aromatic hydroxyl groups is 1. The van der Waals surface area contributed by atoms with Crippen LogP contribution in [0.4, 0.5) is 5.69 Å². The molecule has 2 aromatic carbocycles. The Morgan fingerprint density at radius 1 is 1.23 bits per heavy atom. The lowest BCUT2D eigenvalue weighted by atomic mass is 10.1. The van der Waals surface area contributed by atoms with Gasteiger partial charge in [0.1, 0.15) is 23.4 Å². The number of nitrogens with zero attached hydrogens (tertiary/aromatic N) is 2. The molecular formula is C27H34ClN5O6S. The summed E-state index contributed by atoms with van der Waals surface area (Å²) in [6.07, 6.45) is 4.34. The molecule has 0 saturated carbocycles. The topological polar surface area (TPSA) is 170 Å². The number of rotatable bonds is 11. The van der Waals surface area contributed by atoms with Gasteiger partial charge in [-0.15, -0.1) is 0 Å². The molecule has 2 aromatic rings. The number of nitrogen functional groups attached to an aromatic ring is 1. The molecule has 1 heterocycles. The lowest BCUT2D eigenvalue weighted by Gasteiger charge is -2.33. The van der Waals surface area contributed by atoms with E-state index in [1.54, 1.807) is 26.0 Å². The summed E-state index contributed by atoms with van der Waals surface area (Å²) in [7, 11) is -4.19. The summed E-state index contributed by atoms with van der Waals surface area (Å²) in [5.74, 6) is -1.10. The van der Waals surface area contributed by atoms with E-state index in [0.717, 1.165) is 17.1 Å². The summed E-state index contributed by atoms with van der Waals surface area (Å²) in [4.78, 5) is 14.0. The molecule has 11 nitrogen and oxygen atoms in total. The quantitative estimate of drug-likeness (QED) is 0.174. The standard InChI is InChI=1S/C27H34ClN5O6S/c1-3-38-26(35)17-40(36,37)33(12-4-5-19-15-20(27(30)31)6-8-24(19)34)21-7-9-25(23(28)16-21)39-22-10-13-32(14-11-22)18(2)29/h4-9,15-16,22,29,34H,3,10-14,17H2,1-2H3,(H3,30,31)/b5-4+,29-18?. The Hall–Kier alpha value is -3.77. The van der Waals surface area contributed by atoms with Gasteiger partial charge >= 0.3 is 5.97 Å². The van der Waals surface area contributed by atoms with Crippen LogP contribution in [-0.2, 0) is 19.6 Å². The number of hydrogen-bond donors (Lipinski definition) is 4. The third-order valence-corrected chi connectivity index (χ3v) is 8.19. The van der Waals surface area contributed by atoms with E-state index in [0.29, 0.717) is 35.8 Å².